The van der Waals surface area contributed by atoms with Crippen molar-refractivity contribution in [1.29, 1.82) is 0 Å². The molecule has 1 saturated heterocycles. The Bertz CT molecular complexity index is 698. The number of rotatable bonds is 5. The number of sulfonamides is 1. The summed E-state index contributed by atoms with van der Waals surface area (Å²) >= 11 is 0. The van der Waals surface area contributed by atoms with E-state index in [-0.39, 0.29) is 5.75 Å². The summed E-state index contributed by atoms with van der Waals surface area (Å²) in [7, 11) is -3.17. The summed E-state index contributed by atoms with van der Waals surface area (Å²) < 4.78 is 26.7. The highest BCUT2D eigenvalue weighted by molar-refractivity contribution is 7.89. The lowest BCUT2D eigenvalue weighted by atomic mass is 9.99. The average molecular weight is 315 g/mol. The highest BCUT2D eigenvalue weighted by Gasteiger charge is 2.31. The third kappa shape index (κ3) is 3.57. The van der Waals surface area contributed by atoms with Crippen molar-refractivity contribution in [2.24, 2.45) is 0 Å². The normalized spacial score (nSPS) is 19.4. The Labute approximate surface area is 132 Å². The predicted molar refractivity (Wildman–Crippen MR) is 89.3 cm³/mol. The van der Waals surface area contributed by atoms with Crippen LogP contribution in [0.4, 0.5) is 0 Å². The van der Waals surface area contributed by atoms with Gasteiger partial charge in [0.2, 0.25) is 10.0 Å². The highest BCUT2D eigenvalue weighted by Crippen LogP contribution is 2.28. The Morgan fingerprint density at radius 3 is 2.27 bits per heavy atom. The first-order chi connectivity index (χ1) is 10.6. The molecule has 0 aliphatic carbocycles. The maximum absolute atomic E-state index is 12.5. The van der Waals surface area contributed by atoms with Crippen LogP contribution in [0.15, 0.2) is 60.7 Å². The number of aryl methyl sites for hydroxylation is 1. The first kappa shape index (κ1) is 15.3. The standard InChI is InChI=1S/C18H21NO2S/c20-22(21,14-12-16-7-3-1-4-8-16)19-13-11-18(15-19)17-9-5-2-6-10-17/h1-10,18H,11-15H2. The minimum Gasteiger partial charge on any atom is -0.212 e. The summed E-state index contributed by atoms with van der Waals surface area (Å²) in [6.07, 6.45) is 1.49. The van der Waals surface area contributed by atoms with Crippen molar-refractivity contribution in [1.82, 2.24) is 4.31 Å². The van der Waals surface area contributed by atoms with Crippen molar-refractivity contribution >= 4 is 10.0 Å². The van der Waals surface area contributed by atoms with Crippen LogP contribution in [0.25, 0.3) is 0 Å². The van der Waals surface area contributed by atoms with Crippen molar-refractivity contribution in [2.75, 3.05) is 18.8 Å². The van der Waals surface area contributed by atoms with Crippen LogP contribution in [0.2, 0.25) is 0 Å². The molecule has 1 fully saturated rings. The molecule has 0 N–H and O–H groups in total. The molecule has 0 saturated carbocycles. The van der Waals surface area contributed by atoms with Gasteiger partial charge >= 0.3 is 0 Å². The van der Waals surface area contributed by atoms with Gasteiger partial charge in [0, 0.05) is 13.1 Å². The zero-order chi connectivity index (χ0) is 15.4. The quantitative estimate of drug-likeness (QED) is 0.850. The molecule has 116 valence electrons. The molecule has 0 aromatic heterocycles. The second kappa shape index (κ2) is 6.63. The van der Waals surface area contributed by atoms with Crippen LogP contribution < -0.4 is 0 Å². The van der Waals surface area contributed by atoms with E-state index in [0.29, 0.717) is 25.4 Å². The molecule has 3 nitrogen and oxygen atoms in total. The van der Waals surface area contributed by atoms with E-state index in [9.17, 15) is 8.42 Å². The largest absolute Gasteiger partial charge is 0.214 e. The molecule has 22 heavy (non-hydrogen) atoms. The van der Waals surface area contributed by atoms with Gasteiger partial charge in [0.15, 0.2) is 0 Å². The van der Waals surface area contributed by atoms with Crippen LogP contribution in [0.5, 0.6) is 0 Å². The van der Waals surface area contributed by atoms with E-state index < -0.39 is 10.0 Å². The van der Waals surface area contributed by atoms with Gasteiger partial charge in [0.05, 0.1) is 5.75 Å². The van der Waals surface area contributed by atoms with Crippen molar-refractivity contribution < 1.29 is 8.42 Å². The molecule has 1 aliphatic rings. The van der Waals surface area contributed by atoms with E-state index in [1.165, 1.54) is 5.56 Å². The van der Waals surface area contributed by atoms with Gasteiger partial charge in [-0.25, -0.2) is 12.7 Å². The van der Waals surface area contributed by atoms with Crippen molar-refractivity contribution in [2.45, 2.75) is 18.8 Å². The zero-order valence-corrected chi connectivity index (χ0v) is 13.4. The van der Waals surface area contributed by atoms with Crippen molar-refractivity contribution in [3.8, 4) is 0 Å². The van der Waals surface area contributed by atoms with Crippen LogP contribution in [-0.2, 0) is 16.4 Å². The van der Waals surface area contributed by atoms with Gasteiger partial charge < -0.3 is 0 Å². The maximum atomic E-state index is 12.5. The minimum atomic E-state index is -3.17. The number of hydrogen-bond acceptors (Lipinski definition) is 2. The lowest BCUT2D eigenvalue weighted by Gasteiger charge is -2.16. The first-order valence-electron chi connectivity index (χ1n) is 7.72. The van der Waals surface area contributed by atoms with Gasteiger partial charge in [-0.15, -0.1) is 0 Å². The topological polar surface area (TPSA) is 37.4 Å². The van der Waals surface area contributed by atoms with Gasteiger partial charge in [0.25, 0.3) is 0 Å². The van der Waals surface area contributed by atoms with Crippen LogP contribution >= 0.6 is 0 Å². The lowest BCUT2D eigenvalue weighted by Crippen LogP contribution is -2.31. The molecule has 1 atom stereocenters. The van der Waals surface area contributed by atoms with Crippen molar-refractivity contribution in [3.05, 3.63) is 71.8 Å². The Morgan fingerprint density at radius 1 is 0.955 bits per heavy atom. The first-order valence-corrected chi connectivity index (χ1v) is 9.33. The van der Waals surface area contributed by atoms with Crippen LogP contribution in [0.3, 0.4) is 0 Å². The van der Waals surface area contributed by atoms with Crippen LogP contribution in [0, 0.1) is 0 Å². The highest BCUT2D eigenvalue weighted by atomic mass is 32.2. The summed E-state index contributed by atoms with van der Waals surface area (Å²) in [5.41, 5.74) is 2.31. The van der Waals surface area contributed by atoms with Gasteiger partial charge in [-0.05, 0) is 29.9 Å². The summed E-state index contributed by atoms with van der Waals surface area (Å²) in [5, 5.41) is 0. The van der Waals surface area contributed by atoms with Crippen molar-refractivity contribution in [3.63, 3.8) is 0 Å². The fourth-order valence-electron chi connectivity index (χ4n) is 3.00. The summed E-state index contributed by atoms with van der Waals surface area (Å²) in [6.45, 7) is 1.25. The molecule has 1 unspecified atom stereocenters. The van der Waals surface area contributed by atoms with Gasteiger partial charge in [-0.3, -0.25) is 0 Å². The smallest absolute Gasteiger partial charge is 0.212 e. The van der Waals surface area contributed by atoms with E-state index in [4.69, 9.17) is 0 Å². The van der Waals surface area contributed by atoms with E-state index in [2.05, 4.69) is 12.1 Å². The van der Waals surface area contributed by atoms with E-state index in [1.54, 1.807) is 4.31 Å². The summed E-state index contributed by atoms with van der Waals surface area (Å²) in [5.74, 6) is 0.520. The Hall–Kier alpha value is -1.65. The van der Waals surface area contributed by atoms with Crippen LogP contribution in [0.1, 0.15) is 23.5 Å². The molecule has 0 bridgehead atoms. The average Bonchev–Trinajstić information content (AvgIpc) is 3.06. The molecule has 1 aliphatic heterocycles. The second-order valence-corrected chi connectivity index (χ2v) is 7.89. The molecule has 2 aromatic rings. The molecule has 0 spiro atoms. The molecular formula is C18H21NO2S. The summed E-state index contributed by atoms with van der Waals surface area (Å²) in [4.78, 5) is 0. The molecule has 2 aromatic carbocycles. The third-order valence-corrected chi connectivity index (χ3v) is 6.15. The van der Waals surface area contributed by atoms with E-state index in [1.807, 2.05) is 48.5 Å². The summed E-state index contributed by atoms with van der Waals surface area (Å²) in [6, 6.07) is 20.0. The molecule has 4 heteroatoms. The maximum Gasteiger partial charge on any atom is 0.214 e. The Morgan fingerprint density at radius 2 is 1.59 bits per heavy atom. The monoisotopic (exact) mass is 315 g/mol. The van der Waals surface area contributed by atoms with Gasteiger partial charge in [0.1, 0.15) is 0 Å². The van der Waals surface area contributed by atoms with Gasteiger partial charge in [-0.1, -0.05) is 60.7 Å². The molecule has 3 rings (SSSR count). The Kier molecular flexibility index (Phi) is 4.60. The molecule has 0 radical (unpaired) electrons. The Balaban J connectivity index is 1.62. The SMILES string of the molecule is O=S(=O)(CCc1ccccc1)N1CCC(c2ccccc2)C1. The van der Waals surface area contributed by atoms with E-state index in [0.717, 1.165) is 12.0 Å². The third-order valence-electron chi connectivity index (χ3n) is 4.31. The molecule has 0 amide bonds. The second-order valence-electron chi connectivity index (χ2n) is 5.81. The number of benzene rings is 2. The lowest BCUT2D eigenvalue weighted by molar-refractivity contribution is 0.472. The van der Waals surface area contributed by atoms with E-state index >= 15 is 0 Å². The predicted octanol–water partition coefficient (Wildman–Crippen LogP) is 3.05. The molecular weight excluding hydrogens is 294 g/mol. The fourth-order valence-corrected chi connectivity index (χ4v) is 4.54. The van der Waals surface area contributed by atoms with Crippen LogP contribution in [-0.4, -0.2) is 31.6 Å². The molecule has 1 heterocycles. The number of nitrogens with zero attached hydrogens (tertiary/aromatic N) is 1. The zero-order valence-electron chi connectivity index (χ0n) is 12.6. The van der Waals surface area contributed by atoms with Gasteiger partial charge in [-0.2, -0.15) is 0 Å². The number of hydrogen-bond donors (Lipinski definition) is 0. The minimum absolute atomic E-state index is 0.193. The fraction of sp³-hybridized carbons (Fsp3) is 0.333.